The van der Waals surface area contributed by atoms with E-state index >= 15 is 0 Å². The van der Waals surface area contributed by atoms with E-state index in [0.717, 1.165) is 17.7 Å². The molecule has 1 saturated heterocycles. The Labute approximate surface area is 127 Å². The molecule has 1 aliphatic heterocycles. The summed E-state index contributed by atoms with van der Waals surface area (Å²) < 4.78 is 5.51. The van der Waals surface area contributed by atoms with Gasteiger partial charge < -0.3 is 15.1 Å². The van der Waals surface area contributed by atoms with Gasteiger partial charge in [-0.1, -0.05) is 18.9 Å². The van der Waals surface area contributed by atoms with Crippen LogP contribution >= 0.6 is 0 Å². The minimum absolute atomic E-state index is 0. The first-order valence-electron chi connectivity index (χ1n) is 8.12. The van der Waals surface area contributed by atoms with Gasteiger partial charge in [-0.3, -0.25) is 0 Å². The zero-order chi connectivity index (χ0) is 13.7. The Bertz CT molecular complexity index is 530. The van der Waals surface area contributed by atoms with E-state index in [4.69, 9.17) is 4.74 Å². The Morgan fingerprint density at radius 1 is 1.24 bits per heavy atom. The monoisotopic (exact) mass is 289 g/mol. The van der Waals surface area contributed by atoms with Crippen LogP contribution in [0.25, 0.3) is 0 Å². The van der Waals surface area contributed by atoms with Crippen LogP contribution in [0.5, 0.6) is 5.75 Å². The van der Waals surface area contributed by atoms with E-state index in [1.165, 1.54) is 45.1 Å². The fourth-order valence-electron chi connectivity index (χ4n) is 5.30. The summed E-state index contributed by atoms with van der Waals surface area (Å²) >= 11 is 0. The molecule has 0 aromatic heterocycles. The molecule has 0 amide bonds. The molecule has 2 bridgehead atoms. The van der Waals surface area contributed by atoms with Gasteiger partial charge in [0.25, 0.3) is 0 Å². The first-order chi connectivity index (χ1) is 9.74. The van der Waals surface area contributed by atoms with E-state index in [2.05, 4.69) is 30.1 Å². The average molecular weight is 289 g/mol. The van der Waals surface area contributed by atoms with Crippen molar-refractivity contribution in [2.24, 2.45) is 5.92 Å². The Hall–Kier alpha value is -1.06. The van der Waals surface area contributed by atoms with Crippen molar-refractivity contribution in [1.82, 2.24) is 4.90 Å². The van der Waals surface area contributed by atoms with Gasteiger partial charge in [0.2, 0.25) is 0 Å². The number of ether oxygens (including phenoxy) is 1. The highest BCUT2D eigenvalue weighted by Crippen LogP contribution is 2.55. The normalized spacial score (nSPS) is 34.4. The zero-order valence-corrected chi connectivity index (χ0v) is 13.2. The van der Waals surface area contributed by atoms with Crippen LogP contribution in [0.1, 0.15) is 43.2 Å². The molecule has 21 heavy (non-hydrogen) atoms. The third kappa shape index (κ3) is 2.01. The highest BCUT2D eigenvalue weighted by atomic mass is 16.5. The number of hydrogen-bond donors (Lipinski definition) is 0. The highest BCUT2D eigenvalue weighted by Gasteiger charge is 2.53. The second-order valence-electron chi connectivity index (χ2n) is 7.03. The summed E-state index contributed by atoms with van der Waals surface area (Å²) in [4.78, 5) is 2.63. The van der Waals surface area contributed by atoms with Crippen LogP contribution in [0.2, 0.25) is 0 Å². The van der Waals surface area contributed by atoms with Crippen molar-refractivity contribution < 1.29 is 10.2 Å². The van der Waals surface area contributed by atoms with Crippen molar-refractivity contribution in [3.05, 3.63) is 29.3 Å². The van der Waals surface area contributed by atoms with Crippen LogP contribution in [-0.2, 0) is 11.8 Å². The number of likely N-dealkylation sites (tertiary alicyclic amines) is 1. The van der Waals surface area contributed by atoms with Gasteiger partial charge in [0.1, 0.15) is 5.75 Å². The van der Waals surface area contributed by atoms with Crippen LogP contribution < -0.4 is 4.74 Å². The summed E-state index contributed by atoms with van der Waals surface area (Å²) in [5.41, 5.74) is 3.67. The number of rotatable bonds is 1. The maximum Gasteiger partial charge on any atom is 0.119 e. The molecule has 1 saturated carbocycles. The van der Waals surface area contributed by atoms with Gasteiger partial charge in [-0.2, -0.15) is 0 Å². The molecular weight excluding hydrogens is 262 g/mol. The molecule has 0 spiro atoms. The second-order valence-corrected chi connectivity index (χ2v) is 7.03. The van der Waals surface area contributed by atoms with Crippen molar-refractivity contribution in [2.45, 2.75) is 50.0 Å². The number of benzene rings is 1. The van der Waals surface area contributed by atoms with Crippen LogP contribution in [0.4, 0.5) is 0 Å². The van der Waals surface area contributed by atoms with Crippen molar-refractivity contribution in [3.8, 4) is 5.75 Å². The minimum atomic E-state index is 0. The number of methoxy groups -OCH3 is 1. The molecule has 3 aliphatic rings. The van der Waals surface area contributed by atoms with Crippen molar-refractivity contribution >= 4 is 0 Å². The summed E-state index contributed by atoms with van der Waals surface area (Å²) in [6.07, 6.45) is 8.22. The fourth-order valence-corrected chi connectivity index (χ4v) is 5.30. The van der Waals surface area contributed by atoms with E-state index in [-0.39, 0.29) is 5.48 Å². The Balaban J connectivity index is 0.00000132. The van der Waals surface area contributed by atoms with Gasteiger partial charge in [-0.05, 0) is 68.5 Å². The topological polar surface area (TPSA) is 44.0 Å². The van der Waals surface area contributed by atoms with Crippen molar-refractivity contribution in [3.63, 3.8) is 0 Å². The molecule has 3 nitrogen and oxygen atoms in total. The van der Waals surface area contributed by atoms with Crippen LogP contribution in [0.3, 0.4) is 0 Å². The zero-order valence-electron chi connectivity index (χ0n) is 13.2. The predicted octanol–water partition coefficient (Wildman–Crippen LogP) is 2.56. The third-order valence-corrected chi connectivity index (χ3v) is 6.32. The van der Waals surface area contributed by atoms with Gasteiger partial charge in [0.15, 0.2) is 0 Å². The largest absolute Gasteiger partial charge is 0.497 e. The quantitative estimate of drug-likeness (QED) is 0.797. The van der Waals surface area contributed by atoms with E-state index in [1.54, 1.807) is 18.2 Å². The van der Waals surface area contributed by atoms with Gasteiger partial charge in [-0.15, -0.1) is 0 Å². The molecule has 2 fully saturated rings. The molecule has 2 aliphatic carbocycles. The molecule has 0 radical (unpaired) electrons. The first-order valence-corrected chi connectivity index (χ1v) is 8.12. The lowest BCUT2D eigenvalue weighted by molar-refractivity contribution is 0.00274. The standard InChI is InChI=1S/C18H25NO.H2O/c1-19-10-9-18-8-4-3-5-15(18)17(19)11-13-6-7-14(20-2)12-16(13)18;/h6-7,12,15,17H,3-5,8-11H2,1-2H3;1H2/t15-,17+,18+;/m1./s1. The molecule has 3 atom stereocenters. The van der Waals surface area contributed by atoms with Gasteiger partial charge in [-0.25, -0.2) is 0 Å². The third-order valence-electron chi connectivity index (χ3n) is 6.32. The summed E-state index contributed by atoms with van der Waals surface area (Å²) in [6, 6.07) is 7.60. The fraction of sp³-hybridized carbons (Fsp3) is 0.667. The SMILES string of the molecule is COc1ccc2c(c1)[C@]13CCCC[C@@H]1[C@H](C2)N(C)CC3.O. The maximum atomic E-state index is 5.51. The molecule has 4 rings (SSSR count). The van der Waals surface area contributed by atoms with Crippen LogP contribution in [0.15, 0.2) is 18.2 Å². The summed E-state index contributed by atoms with van der Waals surface area (Å²) in [5, 5.41) is 0. The molecular formula is C18H27NO2. The molecule has 2 N–H and O–H groups in total. The number of likely N-dealkylation sites (N-methyl/N-ethyl adjacent to an activating group) is 1. The lowest BCUT2D eigenvalue weighted by atomic mass is 9.52. The van der Waals surface area contributed by atoms with Gasteiger partial charge >= 0.3 is 0 Å². The number of fused-ring (bicyclic) bond motifs is 1. The number of nitrogens with zero attached hydrogens (tertiary/aromatic N) is 1. The van der Waals surface area contributed by atoms with E-state index in [0.29, 0.717) is 5.41 Å². The van der Waals surface area contributed by atoms with Gasteiger partial charge in [0.05, 0.1) is 7.11 Å². The van der Waals surface area contributed by atoms with Crippen LogP contribution in [0, 0.1) is 5.92 Å². The minimum Gasteiger partial charge on any atom is -0.497 e. The van der Waals surface area contributed by atoms with Gasteiger partial charge in [0, 0.05) is 11.5 Å². The Kier molecular flexibility index (Phi) is 3.74. The second kappa shape index (κ2) is 5.29. The Morgan fingerprint density at radius 3 is 2.90 bits per heavy atom. The first kappa shape index (κ1) is 14.9. The Morgan fingerprint density at radius 2 is 2.10 bits per heavy atom. The maximum absolute atomic E-state index is 5.51. The van der Waals surface area contributed by atoms with Crippen molar-refractivity contribution in [1.29, 1.82) is 0 Å². The molecule has 3 heteroatoms. The molecule has 1 aromatic rings. The average Bonchev–Trinajstić information content (AvgIpc) is 2.50. The molecule has 1 aromatic carbocycles. The highest BCUT2D eigenvalue weighted by molar-refractivity contribution is 5.45. The van der Waals surface area contributed by atoms with E-state index in [9.17, 15) is 0 Å². The summed E-state index contributed by atoms with van der Waals surface area (Å²) in [5.74, 6) is 1.91. The smallest absolute Gasteiger partial charge is 0.119 e. The molecule has 0 unspecified atom stereocenters. The number of hydrogen-bond acceptors (Lipinski definition) is 2. The lowest BCUT2D eigenvalue weighted by Gasteiger charge is -2.58. The predicted molar refractivity (Wildman–Crippen MR) is 85.0 cm³/mol. The summed E-state index contributed by atoms with van der Waals surface area (Å²) in [7, 11) is 4.12. The lowest BCUT2D eigenvalue weighted by Crippen LogP contribution is -2.59. The van der Waals surface area contributed by atoms with E-state index in [1.807, 2.05) is 0 Å². The molecule has 1 heterocycles. The van der Waals surface area contributed by atoms with E-state index < -0.39 is 0 Å². The molecule has 116 valence electrons. The summed E-state index contributed by atoms with van der Waals surface area (Å²) in [6.45, 7) is 1.26. The number of piperidine rings is 1. The van der Waals surface area contributed by atoms with Crippen molar-refractivity contribution in [2.75, 3.05) is 20.7 Å². The van der Waals surface area contributed by atoms with Crippen LogP contribution in [-0.4, -0.2) is 37.1 Å².